The van der Waals surface area contributed by atoms with Crippen molar-refractivity contribution in [3.05, 3.63) is 54.1 Å². The third kappa shape index (κ3) is 4.59. The molecule has 2 amide bonds. The van der Waals surface area contributed by atoms with Crippen LogP contribution in [0.15, 0.2) is 48.5 Å². The van der Waals surface area contributed by atoms with Crippen molar-refractivity contribution in [1.29, 1.82) is 0 Å². The van der Waals surface area contributed by atoms with Gasteiger partial charge in [0, 0.05) is 25.3 Å². The third-order valence-corrected chi connectivity index (χ3v) is 5.41. The van der Waals surface area contributed by atoms with Gasteiger partial charge in [-0.05, 0) is 49.6 Å². The van der Waals surface area contributed by atoms with Crippen molar-refractivity contribution < 1.29 is 19.1 Å². The maximum atomic E-state index is 12.9. The van der Waals surface area contributed by atoms with Crippen LogP contribution in [0.25, 0.3) is 0 Å². The zero-order valence-corrected chi connectivity index (χ0v) is 16.6. The van der Waals surface area contributed by atoms with Crippen LogP contribution in [0.2, 0.25) is 0 Å². The van der Waals surface area contributed by atoms with Crippen molar-refractivity contribution in [1.82, 2.24) is 0 Å². The number of benzene rings is 2. The maximum absolute atomic E-state index is 12.9. The lowest BCUT2D eigenvalue weighted by molar-refractivity contribution is -0.122. The van der Waals surface area contributed by atoms with E-state index in [0.29, 0.717) is 24.6 Å². The van der Waals surface area contributed by atoms with Crippen LogP contribution in [-0.2, 0) is 14.3 Å². The molecule has 0 aromatic heterocycles. The quantitative estimate of drug-likeness (QED) is 0.814. The first-order valence-electron chi connectivity index (χ1n) is 10.1. The number of nitrogens with zero attached hydrogens (tertiary/aromatic N) is 1. The van der Waals surface area contributed by atoms with E-state index in [2.05, 4.69) is 5.32 Å². The molecule has 2 heterocycles. The van der Waals surface area contributed by atoms with E-state index in [9.17, 15) is 9.59 Å². The van der Waals surface area contributed by atoms with E-state index in [1.54, 1.807) is 4.90 Å². The number of rotatable bonds is 6. The molecule has 4 rings (SSSR count). The molecule has 0 aliphatic carbocycles. The fraction of sp³-hybridized carbons (Fsp3) is 0.391. The van der Waals surface area contributed by atoms with E-state index in [-0.39, 0.29) is 24.3 Å². The van der Waals surface area contributed by atoms with Crippen LogP contribution in [0.3, 0.4) is 0 Å². The molecule has 0 saturated carbocycles. The van der Waals surface area contributed by atoms with E-state index in [1.807, 2.05) is 55.5 Å². The Morgan fingerprint density at radius 3 is 2.83 bits per heavy atom. The molecule has 2 saturated heterocycles. The van der Waals surface area contributed by atoms with Crippen molar-refractivity contribution in [2.75, 3.05) is 30.0 Å². The molecule has 2 fully saturated rings. The van der Waals surface area contributed by atoms with E-state index in [0.717, 1.165) is 30.7 Å². The van der Waals surface area contributed by atoms with Gasteiger partial charge < -0.3 is 19.7 Å². The second kappa shape index (κ2) is 8.66. The third-order valence-electron chi connectivity index (χ3n) is 5.41. The summed E-state index contributed by atoms with van der Waals surface area (Å²) in [5, 5.41) is 2.96. The number of aryl methyl sites for hydroxylation is 1. The average Bonchev–Trinajstić information content (AvgIpc) is 3.38. The molecule has 2 atom stereocenters. The maximum Gasteiger partial charge on any atom is 0.229 e. The van der Waals surface area contributed by atoms with Gasteiger partial charge in [0.2, 0.25) is 11.8 Å². The van der Waals surface area contributed by atoms with Crippen LogP contribution < -0.4 is 15.0 Å². The summed E-state index contributed by atoms with van der Waals surface area (Å²) in [7, 11) is 0. The molecule has 2 aliphatic rings. The van der Waals surface area contributed by atoms with Crippen molar-refractivity contribution >= 4 is 23.2 Å². The molecule has 152 valence electrons. The standard InChI is InChI=1S/C23H26N2O4/c1-16-9-10-20(21(12-16)29-15-19-8-5-11-28-19)24-23(27)17-13-22(26)25(14-17)18-6-3-2-4-7-18/h2-4,6-7,9-10,12,17,19H,5,8,11,13-15H2,1H3,(H,24,27). The highest BCUT2D eigenvalue weighted by atomic mass is 16.5. The van der Waals surface area contributed by atoms with Gasteiger partial charge >= 0.3 is 0 Å². The van der Waals surface area contributed by atoms with E-state index in [4.69, 9.17) is 9.47 Å². The molecule has 0 spiro atoms. The molecule has 29 heavy (non-hydrogen) atoms. The topological polar surface area (TPSA) is 67.9 Å². The fourth-order valence-corrected chi connectivity index (χ4v) is 3.79. The lowest BCUT2D eigenvalue weighted by Gasteiger charge is -2.18. The number of amides is 2. The summed E-state index contributed by atoms with van der Waals surface area (Å²) in [6.45, 7) is 3.61. The number of para-hydroxylation sites is 1. The Bertz CT molecular complexity index is 878. The average molecular weight is 394 g/mol. The second-order valence-corrected chi connectivity index (χ2v) is 7.68. The first kappa shape index (κ1) is 19.5. The number of hydrogen-bond donors (Lipinski definition) is 1. The lowest BCUT2D eigenvalue weighted by Crippen LogP contribution is -2.28. The molecule has 2 aromatic rings. The van der Waals surface area contributed by atoms with Gasteiger partial charge in [0.05, 0.1) is 17.7 Å². The molecular weight excluding hydrogens is 368 g/mol. The smallest absolute Gasteiger partial charge is 0.229 e. The van der Waals surface area contributed by atoms with Crippen LogP contribution in [0.5, 0.6) is 5.75 Å². The molecule has 6 nitrogen and oxygen atoms in total. The van der Waals surface area contributed by atoms with Gasteiger partial charge in [-0.15, -0.1) is 0 Å². The van der Waals surface area contributed by atoms with Crippen LogP contribution in [0.4, 0.5) is 11.4 Å². The molecule has 2 aliphatic heterocycles. The molecule has 2 unspecified atom stereocenters. The SMILES string of the molecule is Cc1ccc(NC(=O)C2CC(=O)N(c3ccccc3)C2)c(OCC2CCCO2)c1. The van der Waals surface area contributed by atoms with Gasteiger partial charge in [-0.1, -0.05) is 24.3 Å². The van der Waals surface area contributed by atoms with Gasteiger partial charge in [-0.2, -0.15) is 0 Å². The van der Waals surface area contributed by atoms with Gasteiger partial charge in [0.15, 0.2) is 0 Å². The second-order valence-electron chi connectivity index (χ2n) is 7.68. The zero-order chi connectivity index (χ0) is 20.2. The number of anilines is 2. The Hall–Kier alpha value is -2.86. The Kier molecular flexibility index (Phi) is 5.81. The largest absolute Gasteiger partial charge is 0.489 e. The first-order chi connectivity index (χ1) is 14.1. The number of nitrogens with one attached hydrogen (secondary N) is 1. The van der Waals surface area contributed by atoms with Gasteiger partial charge in [-0.3, -0.25) is 9.59 Å². The predicted molar refractivity (Wildman–Crippen MR) is 111 cm³/mol. The van der Waals surface area contributed by atoms with E-state index >= 15 is 0 Å². The van der Waals surface area contributed by atoms with Crippen molar-refractivity contribution in [3.8, 4) is 5.75 Å². The Balaban J connectivity index is 1.42. The number of ether oxygens (including phenoxy) is 2. The van der Waals surface area contributed by atoms with Crippen LogP contribution >= 0.6 is 0 Å². The van der Waals surface area contributed by atoms with E-state index in [1.165, 1.54) is 0 Å². The Morgan fingerprint density at radius 1 is 1.24 bits per heavy atom. The summed E-state index contributed by atoms with van der Waals surface area (Å²) in [4.78, 5) is 26.9. The summed E-state index contributed by atoms with van der Waals surface area (Å²) in [6.07, 6.45) is 2.36. The van der Waals surface area contributed by atoms with Crippen LogP contribution in [0, 0.1) is 12.8 Å². The summed E-state index contributed by atoms with van der Waals surface area (Å²) < 4.78 is 11.6. The monoisotopic (exact) mass is 394 g/mol. The summed E-state index contributed by atoms with van der Waals surface area (Å²) >= 11 is 0. The number of carbonyl (C=O) groups is 2. The van der Waals surface area contributed by atoms with Crippen LogP contribution in [-0.4, -0.2) is 37.7 Å². The van der Waals surface area contributed by atoms with E-state index < -0.39 is 5.92 Å². The van der Waals surface area contributed by atoms with Gasteiger partial charge in [0.25, 0.3) is 0 Å². The fourth-order valence-electron chi connectivity index (χ4n) is 3.79. The zero-order valence-electron chi connectivity index (χ0n) is 16.6. The molecule has 2 aromatic carbocycles. The summed E-state index contributed by atoms with van der Waals surface area (Å²) in [6, 6.07) is 15.2. The minimum absolute atomic E-state index is 0.0323. The highest BCUT2D eigenvalue weighted by Gasteiger charge is 2.35. The van der Waals surface area contributed by atoms with Gasteiger partial charge in [0.1, 0.15) is 12.4 Å². The summed E-state index contributed by atoms with van der Waals surface area (Å²) in [5.74, 6) is 0.0471. The summed E-state index contributed by atoms with van der Waals surface area (Å²) in [5.41, 5.74) is 2.50. The van der Waals surface area contributed by atoms with Crippen LogP contribution in [0.1, 0.15) is 24.8 Å². The number of hydrogen-bond acceptors (Lipinski definition) is 4. The minimum Gasteiger partial charge on any atom is -0.489 e. The van der Waals surface area contributed by atoms with Crippen molar-refractivity contribution in [3.63, 3.8) is 0 Å². The minimum atomic E-state index is -0.393. The molecular formula is C23H26N2O4. The van der Waals surface area contributed by atoms with Gasteiger partial charge in [-0.25, -0.2) is 0 Å². The predicted octanol–water partition coefficient (Wildman–Crippen LogP) is 3.54. The number of carbonyl (C=O) groups excluding carboxylic acids is 2. The Morgan fingerprint density at radius 2 is 2.07 bits per heavy atom. The van der Waals surface area contributed by atoms with Crippen molar-refractivity contribution in [2.24, 2.45) is 5.92 Å². The molecule has 6 heteroatoms. The molecule has 0 bridgehead atoms. The van der Waals surface area contributed by atoms with Crippen molar-refractivity contribution in [2.45, 2.75) is 32.3 Å². The first-order valence-corrected chi connectivity index (χ1v) is 10.1. The highest BCUT2D eigenvalue weighted by molar-refractivity contribution is 6.03. The lowest BCUT2D eigenvalue weighted by atomic mass is 10.1. The normalized spacial score (nSPS) is 21.4. The highest BCUT2D eigenvalue weighted by Crippen LogP contribution is 2.30. The molecule has 0 radical (unpaired) electrons. The Labute approximate surface area is 170 Å². The molecule has 1 N–H and O–H groups in total.